The van der Waals surface area contributed by atoms with Crippen molar-refractivity contribution < 1.29 is 4.79 Å². The Bertz CT molecular complexity index is 474. The summed E-state index contributed by atoms with van der Waals surface area (Å²) in [6.07, 6.45) is 4.26. The molecular weight excluding hydrogens is 208 g/mol. The van der Waals surface area contributed by atoms with E-state index in [0.29, 0.717) is 6.42 Å². The van der Waals surface area contributed by atoms with Gasteiger partial charge in [-0.05, 0) is 29.5 Å². The first-order valence-corrected chi connectivity index (χ1v) is 5.90. The molecule has 2 aromatic rings. The molecule has 0 spiro atoms. The van der Waals surface area contributed by atoms with Gasteiger partial charge in [-0.2, -0.15) is 0 Å². The van der Waals surface area contributed by atoms with Gasteiger partial charge in [0.15, 0.2) is 6.29 Å². The summed E-state index contributed by atoms with van der Waals surface area (Å²) in [6.45, 7) is 0. The Morgan fingerprint density at radius 2 is 1.59 bits per heavy atom. The van der Waals surface area contributed by atoms with E-state index in [9.17, 15) is 4.79 Å². The fraction of sp³-hybridized carbons (Fsp3) is 0.188. The molecule has 85 valence electrons. The standard InChI is InChI=1S/C16H15O/c17-13-7-6-11-15-10-4-5-12-16(15)14-8-2-1-3-9-14/h1-5,8-10,12H,6-7,11H2. The zero-order chi connectivity index (χ0) is 11.9. The lowest BCUT2D eigenvalue weighted by Crippen LogP contribution is -1.90. The molecule has 0 heterocycles. The summed E-state index contributed by atoms with van der Waals surface area (Å²) in [6, 6.07) is 18.7. The molecule has 0 saturated carbocycles. The van der Waals surface area contributed by atoms with Crippen LogP contribution in [0.1, 0.15) is 18.4 Å². The summed E-state index contributed by atoms with van der Waals surface area (Å²) in [5.74, 6) is 0. The van der Waals surface area contributed by atoms with Crippen LogP contribution in [-0.2, 0) is 11.2 Å². The SMILES string of the molecule is O=[C]CCCc1ccccc1-c1ccccc1. The Hall–Kier alpha value is -1.89. The number of benzene rings is 2. The van der Waals surface area contributed by atoms with Crippen LogP contribution in [0.2, 0.25) is 0 Å². The maximum atomic E-state index is 10.2. The van der Waals surface area contributed by atoms with Crippen LogP contribution in [0.25, 0.3) is 11.1 Å². The lowest BCUT2D eigenvalue weighted by molar-refractivity contribution is 0.548. The van der Waals surface area contributed by atoms with E-state index in [2.05, 4.69) is 30.3 Å². The first kappa shape index (κ1) is 11.6. The van der Waals surface area contributed by atoms with Crippen LogP contribution in [0, 0.1) is 0 Å². The summed E-state index contributed by atoms with van der Waals surface area (Å²) in [4.78, 5) is 10.2. The van der Waals surface area contributed by atoms with Crippen LogP contribution in [0.4, 0.5) is 0 Å². The summed E-state index contributed by atoms with van der Waals surface area (Å²) in [7, 11) is 0. The zero-order valence-electron chi connectivity index (χ0n) is 9.73. The molecule has 0 N–H and O–H groups in total. The maximum Gasteiger partial charge on any atom is 0.198 e. The minimum atomic E-state index is 0.517. The van der Waals surface area contributed by atoms with E-state index in [4.69, 9.17) is 0 Å². The van der Waals surface area contributed by atoms with Gasteiger partial charge in [0.2, 0.25) is 0 Å². The quantitative estimate of drug-likeness (QED) is 0.705. The smallest absolute Gasteiger partial charge is 0.198 e. The largest absolute Gasteiger partial charge is 0.291 e. The third kappa shape index (κ3) is 3.04. The normalized spacial score (nSPS) is 10.1. The number of carbonyl (C=O) groups excluding carboxylic acids is 1. The second kappa shape index (κ2) is 6.00. The highest BCUT2D eigenvalue weighted by Crippen LogP contribution is 2.24. The fourth-order valence-electron chi connectivity index (χ4n) is 1.99. The molecule has 0 bridgehead atoms. The van der Waals surface area contributed by atoms with Crippen molar-refractivity contribution in [2.75, 3.05) is 0 Å². The molecular formula is C16H15O. The lowest BCUT2D eigenvalue weighted by Gasteiger charge is -2.08. The van der Waals surface area contributed by atoms with E-state index >= 15 is 0 Å². The minimum absolute atomic E-state index is 0.517. The number of hydrogen-bond acceptors (Lipinski definition) is 1. The monoisotopic (exact) mass is 223 g/mol. The highest BCUT2D eigenvalue weighted by molar-refractivity contribution is 5.67. The molecule has 0 amide bonds. The number of hydrogen-bond donors (Lipinski definition) is 0. The van der Waals surface area contributed by atoms with Crippen LogP contribution >= 0.6 is 0 Å². The Morgan fingerprint density at radius 1 is 0.882 bits per heavy atom. The van der Waals surface area contributed by atoms with Crippen molar-refractivity contribution in [1.29, 1.82) is 0 Å². The van der Waals surface area contributed by atoms with E-state index in [1.165, 1.54) is 16.7 Å². The summed E-state index contributed by atoms with van der Waals surface area (Å²) in [5.41, 5.74) is 3.80. The van der Waals surface area contributed by atoms with Crippen molar-refractivity contribution in [3.05, 3.63) is 60.2 Å². The van der Waals surface area contributed by atoms with Crippen LogP contribution in [0.3, 0.4) is 0 Å². The first-order valence-electron chi connectivity index (χ1n) is 5.90. The third-order valence-electron chi connectivity index (χ3n) is 2.83. The van der Waals surface area contributed by atoms with E-state index in [1.54, 1.807) is 0 Å². The molecule has 0 aliphatic heterocycles. The molecule has 0 saturated heterocycles. The molecule has 0 aliphatic rings. The number of rotatable bonds is 5. The third-order valence-corrected chi connectivity index (χ3v) is 2.83. The van der Waals surface area contributed by atoms with Crippen molar-refractivity contribution in [3.8, 4) is 11.1 Å². The van der Waals surface area contributed by atoms with Crippen molar-refractivity contribution in [2.24, 2.45) is 0 Å². The van der Waals surface area contributed by atoms with Gasteiger partial charge in [0.25, 0.3) is 0 Å². The van der Waals surface area contributed by atoms with Gasteiger partial charge in [-0.3, -0.25) is 4.79 Å². The highest BCUT2D eigenvalue weighted by Gasteiger charge is 2.03. The highest BCUT2D eigenvalue weighted by atomic mass is 16.1. The Kier molecular flexibility index (Phi) is 4.09. The second-order valence-electron chi connectivity index (χ2n) is 4.02. The molecule has 1 heteroatoms. The Balaban J connectivity index is 2.25. The molecule has 1 nitrogen and oxygen atoms in total. The molecule has 17 heavy (non-hydrogen) atoms. The van der Waals surface area contributed by atoms with Crippen LogP contribution in [-0.4, -0.2) is 6.29 Å². The molecule has 2 aromatic carbocycles. The van der Waals surface area contributed by atoms with Gasteiger partial charge >= 0.3 is 0 Å². The van der Waals surface area contributed by atoms with Gasteiger partial charge in [0.05, 0.1) is 0 Å². The number of unbranched alkanes of at least 4 members (excludes halogenated alkanes) is 1. The van der Waals surface area contributed by atoms with Crippen molar-refractivity contribution in [3.63, 3.8) is 0 Å². The van der Waals surface area contributed by atoms with E-state index < -0.39 is 0 Å². The van der Waals surface area contributed by atoms with Crippen LogP contribution < -0.4 is 0 Å². The maximum absolute atomic E-state index is 10.2. The topological polar surface area (TPSA) is 17.1 Å². The second-order valence-corrected chi connectivity index (χ2v) is 4.02. The molecule has 0 fully saturated rings. The van der Waals surface area contributed by atoms with E-state index in [1.807, 2.05) is 30.6 Å². The predicted octanol–water partition coefficient (Wildman–Crippen LogP) is 3.79. The van der Waals surface area contributed by atoms with Gasteiger partial charge in [0.1, 0.15) is 0 Å². The van der Waals surface area contributed by atoms with Crippen molar-refractivity contribution in [1.82, 2.24) is 0 Å². The lowest BCUT2D eigenvalue weighted by atomic mass is 9.96. The van der Waals surface area contributed by atoms with Gasteiger partial charge in [-0.15, -0.1) is 0 Å². The molecule has 2 rings (SSSR count). The molecule has 0 aliphatic carbocycles. The average molecular weight is 223 g/mol. The summed E-state index contributed by atoms with van der Waals surface area (Å²) < 4.78 is 0. The van der Waals surface area contributed by atoms with Gasteiger partial charge in [0, 0.05) is 6.42 Å². The van der Waals surface area contributed by atoms with Gasteiger partial charge < -0.3 is 0 Å². The van der Waals surface area contributed by atoms with Crippen LogP contribution in [0.15, 0.2) is 54.6 Å². The van der Waals surface area contributed by atoms with E-state index in [0.717, 1.165) is 12.8 Å². The van der Waals surface area contributed by atoms with Gasteiger partial charge in [-0.25, -0.2) is 0 Å². The molecule has 0 aromatic heterocycles. The fourth-order valence-corrected chi connectivity index (χ4v) is 1.99. The molecule has 0 unspecified atom stereocenters. The Morgan fingerprint density at radius 3 is 2.35 bits per heavy atom. The van der Waals surface area contributed by atoms with Crippen molar-refractivity contribution >= 4 is 6.29 Å². The first-order chi connectivity index (χ1) is 8.42. The van der Waals surface area contributed by atoms with Crippen molar-refractivity contribution in [2.45, 2.75) is 19.3 Å². The minimum Gasteiger partial charge on any atom is -0.291 e. The summed E-state index contributed by atoms with van der Waals surface area (Å²) >= 11 is 0. The van der Waals surface area contributed by atoms with Crippen LogP contribution in [0.5, 0.6) is 0 Å². The molecule has 1 radical (unpaired) electrons. The predicted molar refractivity (Wildman–Crippen MR) is 70.5 cm³/mol. The Labute approximate surface area is 102 Å². The summed E-state index contributed by atoms with van der Waals surface area (Å²) in [5, 5.41) is 0. The molecule has 0 atom stereocenters. The zero-order valence-corrected chi connectivity index (χ0v) is 9.73. The number of aryl methyl sites for hydroxylation is 1. The van der Waals surface area contributed by atoms with Gasteiger partial charge in [-0.1, -0.05) is 54.6 Å². The average Bonchev–Trinajstić information content (AvgIpc) is 2.41. The van der Waals surface area contributed by atoms with E-state index in [-0.39, 0.29) is 0 Å².